The Balaban J connectivity index is 0. The van der Waals surface area contributed by atoms with Gasteiger partial charge in [0.25, 0.3) is 0 Å². The topological polar surface area (TPSA) is 34.1 Å². The van der Waals surface area contributed by atoms with Crippen molar-refractivity contribution in [3.05, 3.63) is 0 Å². The Morgan fingerprint density at radius 2 is 1.62 bits per heavy atom. The monoisotopic (exact) mass is 186 g/mol. The lowest BCUT2D eigenvalue weighted by molar-refractivity contribution is -0.111. The molecule has 0 radical (unpaired) electrons. The van der Waals surface area contributed by atoms with Crippen LogP contribution in [0, 0.1) is 5.92 Å². The van der Waals surface area contributed by atoms with Gasteiger partial charge < -0.3 is 9.59 Å². The summed E-state index contributed by atoms with van der Waals surface area (Å²) in [5, 5.41) is 0. The molecule has 0 aromatic heterocycles. The van der Waals surface area contributed by atoms with Gasteiger partial charge in [-0.2, -0.15) is 0 Å². The fraction of sp³-hybridized carbons (Fsp3) is 0.818. The maximum atomic E-state index is 9.97. The van der Waals surface area contributed by atoms with E-state index in [0.717, 1.165) is 44.7 Å². The third kappa shape index (κ3) is 14.2. The van der Waals surface area contributed by atoms with Crippen molar-refractivity contribution >= 4 is 12.6 Å². The molecule has 0 unspecified atom stereocenters. The van der Waals surface area contributed by atoms with E-state index in [1.807, 2.05) is 13.8 Å². The summed E-state index contributed by atoms with van der Waals surface area (Å²) in [6, 6.07) is 0. The van der Waals surface area contributed by atoms with Crippen LogP contribution in [0.5, 0.6) is 0 Å². The van der Waals surface area contributed by atoms with Crippen LogP contribution in [0.2, 0.25) is 0 Å². The van der Waals surface area contributed by atoms with Crippen molar-refractivity contribution in [1.29, 1.82) is 0 Å². The van der Waals surface area contributed by atoms with E-state index in [1.165, 1.54) is 0 Å². The zero-order valence-corrected chi connectivity index (χ0v) is 9.08. The number of carbonyl (C=O) groups is 2. The molecular formula is C11H22O2. The summed E-state index contributed by atoms with van der Waals surface area (Å²) in [7, 11) is 0. The van der Waals surface area contributed by atoms with Gasteiger partial charge in [-0.1, -0.05) is 27.2 Å². The molecule has 13 heavy (non-hydrogen) atoms. The van der Waals surface area contributed by atoms with Crippen molar-refractivity contribution in [2.24, 2.45) is 5.92 Å². The molecule has 0 N–H and O–H groups in total. The quantitative estimate of drug-likeness (QED) is 0.472. The molecule has 0 rings (SSSR count). The lowest BCUT2D eigenvalue weighted by Gasteiger charge is -1.97. The number of carbonyl (C=O) groups excluding carboxylic acids is 2. The maximum Gasteiger partial charge on any atom is 0.123 e. The average molecular weight is 186 g/mol. The Morgan fingerprint density at radius 3 is 1.69 bits per heavy atom. The first-order chi connectivity index (χ1) is 6.26. The van der Waals surface area contributed by atoms with Crippen LogP contribution in [0.25, 0.3) is 0 Å². The first-order valence-electron chi connectivity index (χ1n) is 5.15. The van der Waals surface area contributed by atoms with Crippen molar-refractivity contribution in [3.63, 3.8) is 0 Å². The van der Waals surface area contributed by atoms with E-state index in [9.17, 15) is 9.59 Å². The molecule has 2 nitrogen and oxygen atoms in total. The van der Waals surface area contributed by atoms with Crippen LogP contribution in [-0.4, -0.2) is 12.6 Å². The molecule has 0 amide bonds. The molecule has 0 aromatic carbocycles. The van der Waals surface area contributed by atoms with E-state index >= 15 is 0 Å². The first kappa shape index (κ1) is 14.8. The molecule has 0 atom stereocenters. The van der Waals surface area contributed by atoms with E-state index in [0.29, 0.717) is 5.92 Å². The van der Waals surface area contributed by atoms with E-state index in [4.69, 9.17) is 0 Å². The summed E-state index contributed by atoms with van der Waals surface area (Å²) in [5.74, 6) is 0.306. The second-order valence-electron chi connectivity index (χ2n) is 3.02. The van der Waals surface area contributed by atoms with Crippen LogP contribution < -0.4 is 0 Å². The smallest absolute Gasteiger partial charge is 0.123 e. The van der Waals surface area contributed by atoms with Crippen LogP contribution in [0.4, 0.5) is 0 Å². The number of unbranched alkanes of at least 4 members (excludes halogenated alkanes) is 2. The Hall–Kier alpha value is -0.660. The van der Waals surface area contributed by atoms with E-state index in [-0.39, 0.29) is 0 Å². The molecule has 0 aliphatic heterocycles. The van der Waals surface area contributed by atoms with Crippen LogP contribution in [0.15, 0.2) is 0 Å². The zero-order chi connectivity index (χ0) is 10.5. The molecule has 0 fully saturated rings. The highest BCUT2D eigenvalue weighted by molar-refractivity contribution is 5.52. The van der Waals surface area contributed by atoms with Gasteiger partial charge >= 0.3 is 0 Å². The minimum absolute atomic E-state index is 0.306. The predicted octanol–water partition coefficient (Wildman–Crippen LogP) is 3.00. The van der Waals surface area contributed by atoms with Crippen LogP contribution >= 0.6 is 0 Å². The highest BCUT2D eigenvalue weighted by atomic mass is 16.1. The van der Waals surface area contributed by atoms with Gasteiger partial charge in [0.05, 0.1) is 0 Å². The Morgan fingerprint density at radius 1 is 1.08 bits per heavy atom. The second kappa shape index (κ2) is 13.9. The van der Waals surface area contributed by atoms with Gasteiger partial charge in [-0.05, 0) is 19.3 Å². The number of hydrogen-bond acceptors (Lipinski definition) is 2. The van der Waals surface area contributed by atoms with Gasteiger partial charge in [0.2, 0.25) is 0 Å². The Kier molecular flexibility index (Phi) is 15.9. The highest BCUT2D eigenvalue weighted by Crippen LogP contribution is 2.01. The van der Waals surface area contributed by atoms with Gasteiger partial charge in [0.15, 0.2) is 0 Å². The molecule has 0 saturated heterocycles. The maximum absolute atomic E-state index is 9.97. The third-order valence-electron chi connectivity index (χ3n) is 1.92. The Labute approximate surface area is 81.7 Å². The molecule has 0 aliphatic rings. The van der Waals surface area contributed by atoms with Crippen molar-refractivity contribution in [2.45, 2.75) is 52.9 Å². The molecule has 2 heteroatoms. The van der Waals surface area contributed by atoms with E-state index in [2.05, 4.69) is 6.92 Å². The highest BCUT2D eigenvalue weighted by Gasteiger charge is 1.96. The molecule has 0 spiro atoms. The van der Waals surface area contributed by atoms with Gasteiger partial charge in [-0.25, -0.2) is 0 Å². The Bertz CT molecular complexity index is 107. The summed E-state index contributed by atoms with van der Waals surface area (Å²) >= 11 is 0. The van der Waals surface area contributed by atoms with Crippen molar-refractivity contribution in [3.8, 4) is 0 Å². The predicted molar refractivity (Wildman–Crippen MR) is 55.7 cm³/mol. The molecule has 0 saturated carbocycles. The van der Waals surface area contributed by atoms with Crippen molar-refractivity contribution in [2.75, 3.05) is 0 Å². The summed E-state index contributed by atoms with van der Waals surface area (Å²) < 4.78 is 0. The van der Waals surface area contributed by atoms with Gasteiger partial charge in [-0.15, -0.1) is 0 Å². The summed E-state index contributed by atoms with van der Waals surface area (Å²) in [4.78, 5) is 19.5. The molecule has 78 valence electrons. The fourth-order valence-corrected chi connectivity index (χ4v) is 0.769. The summed E-state index contributed by atoms with van der Waals surface area (Å²) in [6.45, 7) is 6.13. The largest absolute Gasteiger partial charge is 0.303 e. The van der Waals surface area contributed by atoms with Gasteiger partial charge in [0.1, 0.15) is 12.6 Å². The van der Waals surface area contributed by atoms with E-state index in [1.54, 1.807) is 0 Å². The molecule has 0 aliphatic carbocycles. The zero-order valence-electron chi connectivity index (χ0n) is 9.08. The second-order valence-corrected chi connectivity index (χ2v) is 3.02. The molecule has 0 bridgehead atoms. The van der Waals surface area contributed by atoms with Gasteiger partial charge in [-0.3, -0.25) is 0 Å². The number of hydrogen-bond donors (Lipinski definition) is 0. The fourth-order valence-electron chi connectivity index (χ4n) is 0.769. The van der Waals surface area contributed by atoms with Crippen LogP contribution in [0.1, 0.15) is 52.9 Å². The lowest BCUT2D eigenvalue weighted by Crippen LogP contribution is -1.95. The standard InChI is InChI=1S/C6H12O.C5H10O/c1-3-6(4-2)5-7;1-2-3-4-5-6/h5-6H,3-4H2,1-2H3;5H,2-4H2,1H3. The average Bonchev–Trinajstić information content (AvgIpc) is 2.18. The van der Waals surface area contributed by atoms with Crippen LogP contribution in [0.3, 0.4) is 0 Å². The molecule has 0 aromatic rings. The molecular weight excluding hydrogens is 164 g/mol. The number of aldehydes is 2. The minimum atomic E-state index is 0.306. The van der Waals surface area contributed by atoms with Crippen molar-refractivity contribution in [1.82, 2.24) is 0 Å². The summed E-state index contributed by atoms with van der Waals surface area (Å²) in [6.07, 6.45) is 6.86. The SMILES string of the molecule is CCC(C=O)CC.CCCCC=O. The normalized spacial score (nSPS) is 8.92. The first-order valence-corrected chi connectivity index (χ1v) is 5.15. The van der Waals surface area contributed by atoms with Crippen molar-refractivity contribution < 1.29 is 9.59 Å². The minimum Gasteiger partial charge on any atom is -0.303 e. The summed E-state index contributed by atoms with van der Waals surface area (Å²) in [5.41, 5.74) is 0. The van der Waals surface area contributed by atoms with Gasteiger partial charge in [0, 0.05) is 12.3 Å². The lowest BCUT2D eigenvalue weighted by atomic mass is 10.1. The van der Waals surface area contributed by atoms with E-state index < -0.39 is 0 Å². The number of rotatable bonds is 6. The third-order valence-corrected chi connectivity index (χ3v) is 1.92. The molecule has 0 heterocycles. The van der Waals surface area contributed by atoms with Crippen LogP contribution in [-0.2, 0) is 9.59 Å².